The van der Waals surface area contributed by atoms with Crippen molar-refractivity contribution in [2.45, 2.75) is 50.0 Å². The highest BCUT2D eigenvalue weighted by Crippen LogP contribution is 2.24. The van der Waals surface area contributed by atoms with E-state index in [1.165, 1.54) is 5.56 Å². The third-order valence-corrected chi connectivity index (χ3v) is 6.25. The van der Waals surface area contributed by atoms with Crippen molar-refractivity contribution in [2.75, 3.05) is 6.61 Å². The van der Waals surface area contributed by atoms with Gasteiger partial charge in [-0.3, -0.25) is 4.79 Å². The van der Waals surface area contributed by atoms with Crippen LogP contribution in [0.3, 0.4) is 0 Å². The SMILES string of the molecule is CCOC(=O)C(Cc1ccccc1)NS(=O)(=O)c1ccc2c(c1)CCCC2. The molecular formula is C21H25NO4S. The average molecular weight is 388 g/mol. The molecule has 1 atom stereocenters. The molecule has 1 aliphatic rings. The number of nitrogens with one attached hydrogen (secondary N) is 1. The second-order valence-corrected chi connectivity index (χ2v) is 8.47. The van der Waals surface area contributed by atoms with Crippen molar-refractivity contribution < 1.29 is 17.9 Å². The molecule has 1 aliphatic carbocycles. The first-order chi connectivity index (χ1) is 13.0. The number of esters is 1. The Morgan fingerprint density at radius 2 is 1.78 bits per heavy atom. The molecule has 144 valence electrons. The first-order valence-corrected chi connectivity index (χ1v) is 10.8. The third kappa shape index (κ3) is 4.96. The first-order valence-electron chi connectivity index (χ1n) is 9.34. The Kier molecular flexibility index (Phi) is 6.29. The van der Waals surface area contributed by atoms with Crippen LogP contribution in [0.5, 0.6) is 0 Å². The molecule has 3 rings (SSSR count). The zero-order chi connectivity index (χ0) is 19.3. The van der Waals surface area contributed by atoms with Crippen molar-refractivity contribution in [3.8, 4) is 0 Å². The highest BCUT2D eigenvalue weighted by atomic mass is 32.2. The minimum atomic E-state index is -3.83. The van der Waals surface area contributed by atoms with Gasteiger partial charge in [0.2, 0.25) is 10.0 Å². The Hall–Kier alpha value is -2.18. The van der Waals surface area contributed by atoms with Gasteiger partial charge in [0, 0.05) is 0 Å². The van der Waals surface area contributed by atoms with E-state index in [2.05, 4.69) is 4.72 Å². The number of carbonyl (C=O) groups excluding carboxylic acids is 1. The van der Waals surface area contributed by atoms with Crippen molar-refractivity contribution in [1.82, 2.24) is 4.72 Å². The van der Waals surface area contributed by atoms with Gasteiger partial charge in [0.25, 0.3) is 0 Å². The average Bonchev–Trinajstić information content (AvgIpc) is 2.68. The van der Waals surface area contributed by atoms with E-state index >= 15 is 0 Å². The molecule has 0 bridgehead atoms. The molecule has 6 heteroatoms. The number of fused-ring (bicyclic) bond motifs is 1. The lowest BCUT2D eigenvalue weighted by molar-refractivity contribution is -0.145. The number of hydrogen-bond acceptors (Lipinski definition) is 4. The van der Waals surface area contributed by atoms with Gasteiger partial charge in [-0.2, -0.15) is 4.72 Å². The Balaban J connectivity index is 1.83. The molecule has 0 saturated heterocycles. The summed E-state index contributed by atoms with van der Waals surface area (Å²) in [5.41, 5.74) is 3.16. The minimum absolute atomic E-state index is 0.199. The molecule has 0 spiro atoms. The second kappa shape index (κ2) is 8.67. The van der Waals surface area contributed by atoms with E-state index in [0.29, 0.717) is 0 Å². The van der Waals surface area contributed by atoms with E-state index in [-0.39, 0.29) is 17.9 Å². The van der Waals surface area contributed by atoms with Crippen LogP contribution in [-0.4, -0.2) is 27.0 Å². The molecule has 2 aromatic rings. The Labute approximate surface area is 160 Å². The van der Waals surface area contributed by atoms with Crippen molar-refractivity contribution in [3.05, 3.63) is 65.2 Å². The lowest BCUT2D eigenvalue weighted by Gasteiger charge is -2.20. The van der Waals surface area contributed by atoms with Crippen molar-refractivity contribution >= 4 is 16.0 Å². The van der Waals surface area contributed by atoms with Crippen LogP contribution in [0.4, 0.5) is 0 Å². The Morgan fingerprint density at radius 3 is 2.48 bits per heavy atom. The molecule has 0 aliphatic heterocycles. The zero-order valence-electron chi connectivity index (χ0n) is 15.5. The third-order valence-electron chi connectivity index (χ3n) is 4.78. The minimum Gasteiger partial charge on any atom is -0.465 e. The molecule has 0 radical (unpaired) electrons. The van der Waals surface area contributed by atoms with Gasteiger partial charge in [-0.1, -0.05) is 36.4 Å². The fourth-order valence-electron chi connectivity index (χ4n) is 3.40. The lowest BCUT2D eigenvalue weighted by atomic mass is 9.92. The van der Waals surface area contributed by atoms with E-state index in [1.807, 2.05) is 36.4 Å². The van der Waals surface area contributed by atoms with Gasteiger partial charge < -0.3 is 4.74 Å². The number of hydrogen-bond donors (Lipinski definition) is 1. The number of benzene rings is 2. The summed E-state index contributed by atoms with van der Waals surface area (Å²) in [7, 11) is -3.83. The Bertz CT molecular complexity index is 894. The van der Waals surface area contributed by atoms with E-state index in [0.717, 1.165) is 36.8 Å². The number of sulfonamides is 1. The number of rotatable bonds is 7. The molecule has 2 aromatic carbocycles. The molecule has 0 aromatic heterocycles. The number of carbonyl (C=O) groups is 1. The smallest absolute Gasteiger partial charge is 0.324 e. The standard InChI is InChI=1S/C21H25NO4S/c1-2-26-21(23)20(14-16-8-4-3-5-9-16)22-27(24,25)19-13-12-17-10-6-7-11-18(17)15-19/h3-5,8-9,12-13,15,20,22H,2,6-7,10-11,14H2,1H3. The van der Waals surface area contributed by atoms with Crippen LogP contribution < -0.4 is 4.72 Å². The fourth-order valence-corrected chi connectivity index (χ4v) is 4.63. The van der Waals surface area contributed by atoms with Crippen LogP contribution in [0, 0.1) is 0 Å². The maximum Gasteiger partial charge on any atom is 0.324 e. The first kappa shape index (κ1) is 19.6. The van der Waals surface area contributed by atoms with Gasteiger partial charge in [-0.15, -0.1) is 0 Å². The van der Waals surface area contributed by atoms with Crippen molar-refractivity contribution in [2.24, 2.45) is 0 Å². The summed E-state index contributed by atoms with van der Waals surface area (Å²) in [5, 5.41) is 0. The summed E-state index contributed by atoms with van der Waals surface area (Å²) in [6.07, 6.45) is 4.33. The normalized spacial score (nSPS) is 15.0. The predicted molar refractivity (Wildman–Crippen MR) is 104 cm³/mol. The summed E-state index contributed by atoms with van der Waals surface area (Å²) < 4.78 is 33.4. The highest BCUT2D eigenvalue weighted by Gasteiger charge is 2.27. The monoisotopic (exact) mass is 387 g/mol. The summed E-state index contributed by atoms with van der Waals surface area (Å²) in [6, 6.07) is 13.6. The van der Waals surface area contributed by atoms with E-state index in [1.54, 1.807) is 19.1 Å². The van der Waals surface area contributed by atoms with Gasteiger partial charge >= 0.3 is 5.97 Å². The zero-order valence-corrected chi connectivity index (χ0v) is 16.3. The maximum absolute atomic E-state index is 12.9. The number of aryl methyl sites for hydroxylation is 2. The summed E-state index contributed by atoms with van der Waals surface area (Å²) in [4.78, 5) is 12.5. The molecule has 1 unspecified atom stereocenters. The van der Waals surface area contributed by atoms with Crippen LogP contribution in [0.15, 0.2) is 53.4 Å². The van der Waals surface area contributed by atoms with Crippen molar-refractivity contribution in [1.29, 1.82) is 0 Å². The molecule has 0 amide bonds. The molecule has 1 N–H and O–H groups in total. The molecule has 5 nitrogen and oxygen atoms in total. The second-order valence-electron chi connectivity index (χ2n) is 6.75. The van der Waals surface area contributed by atoms with Crippen molar-refractivity contribution in [3.63, 3.8) is 0 Å². The van der Waals surface area contributed by atoms with E-state index in [9.17, 15) is 13.2 Å². The van der Waals surface area contributed by atoms with Gasteiger partial charge in [-0.25, -0.2) is 8.42 Å². The quantitative estimate of drug-likeness (QED) is 0.741. The highest BCUT2D eigenvalue weighted by molar-refractivity contribution is 7.89. The molecular weight excluding hydrogens is 362 g/mol. The van der Waals surface area contributed by atoms with Crippen LogP contribution in [0.1, 0.15) is 36.5 Å². The topological polar surface area (TPSA) is 72.5 Å². The molecule has 27 heavy (non-hydrogen) atoms. The fraction of sp³-hybridized carbons (Fsp3) is 0.381. The predicted octanol–water partition coefficient (Wildman–Crippen LogP) is 3.02. The lowest BCUT2D eigenvalue weighted by Crippen LogP contribution is -2.43. The van der Waals surface area contributed by atoms with Gasteiger partial charge in [-0.05, 0) is 67.9 Å². The van der Waals surface area contributed by atoms with Crippen LogP contribution in [0.2, 0.25) is 0 Å². The van der Waals surface area contributed by atoms with Crippen LogP contribution in [-0.2, 0) is 38.8 Å². The molecule has 0 saturated carbocycles. The van der Waals surface area contributed by atoms with Crippen LogP contribution in [0.25, 0.3) is 0 Å². The van der Waals surface area contributed by atoms with E-state index < -0.39 is 22.0 Å². The Morgan fingerprint density at radius 1 is 1.07 bits per heavy atom. The van der Waals surface area contributed by atoms with Gasteiger partial charge in [0.15, 0.2) is 0 Å². The number of ether oxygens (including phenoxy) is 1. The molecule has 0 fully saturated rings. The van der Waals surface area contributed by atoms with Crippen LogP contribution >= 0.6 is 0 Å². The van der Waals surface area contributed by atoms with E-state index in [4.69, 9.17) is 4.74 Å². The summed E-state index contributed by atoms with van der Waals surface area (Å²) >= 11 is 0. The summed E-state index contributed by atoms with van der Waals surface area (Å²) in [5.74, 6) is -0.567. The largest absolute Gasteiger partial charge is 0.465 e. The molecule has 0 heterocycles. The maximum atomic E-state index is 12.9. The summed E-state index contributed by atoms with van der Waals surface area (Å²) in [6.45, 7) is 1.90. The van der Waals surface area contributed by atoms with Gasteiger partial charge in [0.05, 0.1) is 11.5 Å². The van der Waals surface area contributed by atoms with Gasteiger partial charge in [0.1, 0.15) is 6.04 Å².